The molecule has 1 aliphatic rings. The highest BCUT2D eigenvalue weighted by Gasteiger charge is 2.34. The summed E-state index contributed by atoms with van der Waals surface area (Å²) in [5, 5.41) is 1.03. The molecule has 0 aliphatic carbocycles. The molecule has 186 valence electrons. The Bertz CT molecular complexity index is 1380. The fourth-order valence-corrected chi connectivity index (χ4v) is 7.67. The van der Waals surface area contributed by atoms with E-state index in [-0.39, 0.29) is 33.1 Å². The number of aromatic nitrogens is 1. The van der Waals surface area contributed by atoms with Crippen LogP contribution in [0.2, 0.25) is 10.0 Å². The van der Waals surface area contributed by atoms with Crippen LogP contribution in [0.3, 0.4) is 0 Å². The second-order valence-electron chi connectivity index (χ2n) is 8.21. The van der Waals surface area contributed by atoms with Crippen LogP contribution < -0.4 is 4.31 Å². The molecule has 0 bridgehead atoms. The number of likely N-dealkylation sites (tertiary alicyclic amines) is 1. The van der Waals surface area contributed by atoms with Crippen LogP contribution in [-0.4, -0.2) is 49.8 Å². The van der Waals surface area contributed by atoms with Gasteiger partial charge < -0.3 is 9.47 Å². The van der Waals surface area contributed by atoms with Crippen molar-refractivity contribution in [3.8, 4) is 0 Å². The number of hydrogen-bond donors (Lipinski definition) is 0. The van der Waals surface area contributed by atoms with E-state index in [4.69, 9.17) is 27.7 Å². The fraction of sp³-hybridized carbons (Fsp3) is 0.348. The number of anilines is 1. The largest absolute Gasteiger partial charge is 0.531 e. The molecule has 0 N–H and O–H groups in total. The number of benzene rings is 2. The van der Waals surface area contributed by atoms with Crippen molar-refractivity contribution < 1.29 is 22.3 Å². The lowest BCUT2D eigenvalue weighted by molar-refractivity contribution is 0.0794. The Morgan fingerprint density at radius 3 is 2.40 bits per heavy atom. The number of sulfonamides is 1. The molecule has 0 spiro atoms. The summed E-state index contributed by atoms with van der Waals surface area (Å²) in [5.41, 5.74) is 1.51. The maximum atomic E-state index is 13.6. The van der Waals surface area contributed by atoms with E-state index in [1.807, 2.05) is 4.90 Å². The number of carbonyl (C=O) groups is 1. The van der Waals surface area contributed by atoms with Crippen molar-refractivity contribution in [3.05, 3.63) is 58.2 Å². The molecule has 35 heavy (non-hydrogen) atoms. The Balaban J connectivity index is 1.80. The van der Waals surface area contributed by atoms with Crippen LogP contribution in [0.5, 0.6) is 0 Å². The van der Waals surface area contributed by atoms with E-state index in [1.54, 1.807) is 42.9 Å². The van der Waals surface area contributed by atoms with Crippen molar-refractivity contribution in [2.45, 2.75) is 24.7 Å². The molecule has 3 aromatic rings. The van der Waals surface area contributed by atoms with Gasteiger partial charge in [-0.15, -0.1) is 4.52 Å². The quantitative estimate of drug-likeness (QED) is 0.334. The molecular formula is C23H25Cl2N3O5PS+. The summed E-state index contributed by atoms with van der Waals surface area (Å²) in [6.45, 7) is 3.31. The minimum atomic E-state index is -4.20. The zero-order valence-electron chi connectivity index (χ0n) is 19.3. The normalized spacial score (nSPS) is 14.5. The average Bonchev–Trinajstić information content (AvgIpc) is 3.45. The standard InChI is InChI=1S/C23H25Cl2N3O5PS/c1-3-33-34(30)15-28(35(31,32)19-11-16(24)10-17(25)12-19)18-6-7-20-21(14-26(2)22(20)13-18)23(29)27-8-4-5-9-27/h6-7,10-14H,3-5,8-9,15H2,1-2H3/q+1. The molecule has 2 heterocycles. The molecule has 8 nitrogen and oxygen atoms in total. The van der Waals surface area contributed by atoms with Crippen LogP contribution in [0.25, 0.3) is 10.9 Å². The van der Waals surface area contributed by atoms with Gasteiger partial charge in [0.25, 0.3) is 22.2 Å². The summed E-state index contributed by atoms with van der Waals surface area (Å²) >= 11 is 12.1. The molecule has 1 saturated heterocycles. The number of aryl methyl sites for hydroxylation is 1. The van der Waals surface area contributed by atoms with E-state index in [2.05, 4.69) is 0 Å². The Hall–Kier alpha value is -2.16. The van der Waals surface area contributed by atoms with Crippen LogP contribution >= 0.6 is 31.2 Å². The topological polar surface area (TPSA) is 88.9 Å². The van der Waals surface area contributed by atoms with Gasteiger partial charge in [0.15, 0.2) is 0 Å². The average molecular weight is 557 g/mol. The molecule has 0 radical (unpaired) electrons. The molecule has 1 aromatic heterocycles. The van der Waals surface area contributed by atoms with E-state index in [0.717, 1.165) is 30.2 Å². The summed E-state index contributed by atoms with van der Waals surface area (Å²) in [7, 11) is -4.72. The highest BCUT2D eigenvalue weighted by molar-refractivity contribution is 7.93. The van der Waals surface area contributed by atoms with Crippen LogP contribution in [0, 0.1) is 0 Å². The number of hydrogen-bond acceptors (Lipinski definition) is 5. The lowest BCUT2D eigenvalue weighted by Crippen LogP contribution is -2.31. The van der Waals surface area contributed by atoms with Gasteiger partial charge in [0.05, 0.1) is 28.3 Å². The van der Waals surface area contributed by atoms with Crippen molar-refractivity contribution in [2.75, 3.05) is 30.3 Å². The highest BCUT2D eigenvalue weighted by atomic mass is 35.5. The maximum Gasteiger partial charge on any atom is 0.531 e. The first-order chi connectivity index (χ1) is 16.6. The van der Waals surface area contributed by atoms with Crippen LogP contribution in [0.1, 0.15) is 30.1 Å². The van der Waals surface area contributed by atoms with Gasteiger partial charge in [-0.25, -0.2) is 12.7 Å². The number of rotatable bonds is 8. The molecular weight excluding hydrogens is 532 g/mol. The molecule has 1 atom stereocenters. The van der Waals surface area contributed by atoms with E-state index >= 15 is 0 Å². The van der Waals surface area contributed by atoms with E-state index in [0.29, 0.717) is 16.5 Å². The van der Waals surface area contributed by atoms with Crippen LogP contribution in [-0.2, 0) is 26.2 Å². The summed E-state index contributed by atoms with van der Waals surface area (Å²) in [6, 6.07) is 8.99. The first kappa shape index (κ1) is 25.9. The summed E-state index contributed by atoms with van der Waals surface area (Å²) < 4.78 is 47.8. The third-order valence-electron chi connectivity index (χ3n) is 5.83. The molecule has 4 rings (SSSR count). The smallest absolute Gasteiger partial charge is 0.350 e. The second kappa shape index (κ2) is 10.4. The third-order valence-corrected chi connectivity index (χ3v) is 9.27. The number of fused-ring (bicyclic) bond motifs is 1. The van der Waals surface area contributed by atoms with Gasteiger partial charge in [0.2, 0.25) is 0 Å². The van der Waals surface area contributed by atoms with Crippen molar-refractivity contribution in [1.82, 2.24) is 9.47 Å². The van der Waals surface area contributed by atoms with Crippen molar-refractivity contribution in [2.24, 2.45) is 7.05 Å². The molecule has 1 unspecified atom stereocenters. The summed E-state index contributed by atoms with van der Waals surface area (Å²) in [6.07, 6.45) is 3.33. The first-order valence-corrected chi connectivity index (χ1v) is 14.6. The highest BCUT2D eigenvalue weighted by Crippen LogP contribution is 2.36. The van der Waals surface area contributed by atoms with Crippen molar-refractivity contribution >= 4 is 63.8 Å². The van der Waals surface area contributed by atoms with Gasteiger partial charge in [0.1, 0.15) is 0 Å². The van der Waals surface area contributed by atoms with Gasteiger partial charge in [-0.3, -0.25) is 4.79 Å². The summed E-state index contributed by atoms with van der Waals surface area (Å²) in [4.78, 5) is 14.7. The van der Waals surface area contributed by atoms with Crippen LogP contribution in [0.4, 0.5) is 5.69 Å². The third kappa shape index (κ3) is 5.34. The lowest BCUT2D eigenvalue weighted by atomic mass is 10.1. The number of nitrogens with zero attached hydrogens (tertiary/aromatic N) is 3. The zero-order chi connectivity index (χ0) is 25.3. The molecule has 12 heteroatoms. The molecule has 0 saturated carbocycles. The minimum Gasteiger partial charge on any atom is -0.350 e. The minimum absolute atomic E-state index is 0.0432. The lowest BCUT2D eigenvalue weighted by Gasteiger charge is -2.21. The second-order valence-corrected chi connectivity index (χ2v) is 12.1. The van der Waals surface area contributed by atoms with Crippen LogP contribution in [0.15, 0.2) is 47.5 Å². The van der Waals surface area contributed by atoms with Gasteiger partial charge in [-0.1, -0.05) is 23.2 Å². The molecule has 1 fully saturated rings. The van der Waals surface area contributed by atoms with Gasteiger partial charge in [-0.05, 0) is 60.7 Å². The number of halogens is 2. The Morgan fingerprint density at radius 2 is 1.77 bits per heavy atom. The van der Waals surface area contributed by atoms with Gasteiger partial charge >= 0.3 is 8.03 Å². The predicted octanol–water partition coefficient (Wildman–Crippen LogP) is 5.65. The molecule has 1 amide bonds. The molecule has 2 aromatic carbocycles. The van der Waals surface area contributed by atoms with E-state index in [9.17, 15) is 17.8 Å². The molecule has 1 aliphatic heterocycles. The predicted molar refractivity (Wildman–Crippen MR) is 138 cm³/mol. The summed E-state index contributed by atoms with van der Waals surface area (Å²) in [5.74, 6) is -0.0432. The Morgan fingerprint density at radius 1 is 1.11 bits per heavy atom. The van der Waals surface area contributed by atoms with E-state index in [1.165, 1.54) is 18.2 Å². The maximum absolute atomic E-state index is 13.6. The van der Waals surface area contributed by atoms with Gasteiger partial charge in [-0.2, -0.15) is 0 Å². The Labute approximate surface area is 215 Å². The fourth-order valence-electron chi connectivity index (χ4n) is 4.18. The Kier molecular flexibility index (Phi) is 7.74. The zero-order valence-corrected chi connectivity index (χ0v) is 22.5. The monoisotopic (exact) mass is 556 g/mol. The van der Waals surface area contributed by atoms with Gasteiger partial charge in [0, 0.05) is 41.8 Å². The first-order valence-electron chi connectivity index (χ1n) is 11.1. The SMILES string of the molecule is CCO[P+](=O)CN(c1ccc2c(C(=O)N3CCCC3)cn(C)c2c1)S(=O)(=O)c1cc(Cl)cc(Cl)c1. The van der Waals surface area contributed by atoms with Crippen molar-refractivity contribution in [1.29, 1.82) is 0 Å². The number of amides is 1. The van der Waals surface area contributed by atoms with E-state index < -0.39 is 24.3 Å². The number of carbonyl (C=O) groups excluding carboxylic acids is 1. The van der Waals surface area contributed by atoms with Crippen molar-refractivity contribution in [3.63, 3.8) is 0 Å².